The second-order valence-electron chi connectivity index (χ2n) is 7.96. The Balaban J connectivity index is 0.00000361. The Morgan fingerprint density at radius 2 is 1.81 bits per heavy atom. The van der Waals surface area contributed by atoms with Crippen molar-refractivity contribution >= 4 is 59.9 Å². The van der Waals surface area contributed by atoms with Gasteiger partial charge in [-0.2, -0.15) is 0 Å². The fourth-order valence-electron chi connectivity index (χ4n) is 3.65. The van der Waals surface area contributed by atoms with E-state index in [4.69, 9.17) is 15.5 Å². The lowest BCUT2D eigenvalue weighted by molar-refractivity contribution is -0.138. The molecule has 36 heavy (non-hydrogen) atoms. The first-order valence-corrected chi connectivity index (χ1v) is 12.0. The van der Waals surface area contributed by atoms with Crippen LogP contribution in [0.3, 0.4) is 0 Å². The lowest BCUT2D eigenvalue weighted by atomic mass is 10.1. The number of carbonyl (C=O) groups is 3. The molecule has 13 nitrogen and oxygen atoms in total. The van der Waals surface area contributed by atoms with Gasteiger partial charge in [0.1, 0.15) is 17.7 Å². The summed E-state index contributed by atoms with van der Waals surface area (Å²) in [6.45, 7) is 0. The highest BCUT2D eigenvalue weighted by molar-refractivity contribution is 7.51. The molecule has 15 heteroatoms. The van der Waals surface area contributed by atoms with Crippen LogP contribution in [0.4, 0.5) is 0 Å². The van der Waals surface area contributed by atoms with Crippen molar-refractivity contribution in [3.8, 4) is 0 Å². The number of carbonyl (C=O) groups excluding carboxylic acids is 2. The molecule has 4 aromatic rings. The van der Waals surface area contributed by atoms with Crippen LogP contribution in [0.2, 0.25) is 0 Å². The number of rotatable bonds is 8. The van der Waals surface area contributed by atoms with E-state index < -0.39 is 37.6 Å². The fourth-order valence-corrected chi connectivity index (χ4v) is 4.37. The van der Waals surface area contributed by atoms with Gasteiger partial charge in [-0.15, -0.1) is 12.4 Å². The lowest BCUT2D eigenvalue weighted by Gasteiger charge is -2.15. The monoisotopic (exact) mass is 536 g/mol. The maximum Gasteiger partial charge on any atom is 0.328 e. The summed E-state index contributed by atoms with van der Waals surface area (Å²) in [5.41, 5.74) is 8.24. The smallest absolute Gasteiger partial charge is 0.328 e. The first-order chi connectivity index (χ1) is 16.4. The molecular weight excluding hydrogens is 515 g/mol. The zero-order valence-electron chi connectivity index (χ0n) is 18.7. The number of aliphatic carboxylic acids is 1. The topological polar surface area (TPSA) is 214 Å². The molecule has 0 aliphatic heterocycles. The zero-order chi connectivity index (χ0) is 25.5. The second kappa shape index (κ2) is 10.1. The summed E-state index contributed by atoms with van der Waals surface area (Å²) >= 11 is 0. The van der Waals surface area contributed by atoms with Crippen LogP contribution in [0.15, 0.2) is 36.4 Å². The number of nitrogens with one attached hydrogen (secondary N) is 2. The van der Waals surface area contributed by atoms with Crippen molar-refractivity contribution in [2.45, 2.75) is 12.5 Å². The number of H-pyrrole nitrogens is 1. The highest BCUT2D eigenvalue weighted by atomic mass is 35.5. The van der Waals surface area contributed by atoms with Crippen LogP contribution in [-0.2, 0) is 22.8 Å². The number of aromatic amines is 1. The minimum atomic E-state index is -4.66. The van der Waals surface area contributed by atoms with Crippen molar-refractivity contribution in [3.63, 3.8) is 0 Å². The molecule has 0 radical (unpaired) electrons. The van der Waals surface area contributed by atoms with Crippen molar-refractivity contribution < 1.29 is 33.8 Å². The molecule has 0 aliphatic rings. The molecule has 0 bridgehead atoms. The van der Waals surface area contributed by atoms with E-state index in [2.05, 4.69) is 20.3 Å². The zero-order valence-corrected chi connectivity index (χ0v) is 20.4. The molecule has 2 aromatic carbocycles. The van der Waals surface area contributed by atoms with Crippen LogP contribution in [0.1, 0.15) is 32.4 Å². The fraction of sp³-hybridized carbons (Fsp3) is 0.190. The van der Waals surface area contributed by atoms with Gasteiger partial charge in [-0.1, -0.05) is 0 Å². The van der Waals surface area contributed by atoms with Crippen LogP contribution in [0, 0.1) is 0 Å². The summed E-state index contributed by atoms with van der Waals surface area (Å²) < 4.78 is 12.9. The number of halogens is 1. The van der Waals surface area contributed by atoms with Crippen molar-refractivity contribution in [1.29, 1.82) is 0 Å². The second-order valence-corrected chi connectivity index (χ2v) is 9.65. The first-order valence-electron chi connectivity index (χ1n) is 10.2. The summed E-state index contributed by atoms with van der Waals surface area (Å²) in [5, 5.41) is 11.3. The predicted octanol–water partition coefficient (Wildman–Crippen LogP) is 0.922. The van der Waals surface area contributed by atoms with Gasteiger partial charge in [0, 0.05) is 18.2 Å². The van der Waals surface area contributed by atoms with Gasteiger partial charge in [-0.05, 0) is 36.4 Å². The Bertz CT molecular complexity index is 1540. The number of primary amides is 1. The molecule has 0 saturated carbocycles. The van der Waals surface area contributed by atoms with Crippen molar-refractivity contribution in [2.75, 3.05) is 6.16 Å². The highest BCUT2D eigenvalue weighted by Crippen LogP contribution is 2.35. The van der Waals surface area contributed by atoms with Gasteiger partial charge in [0.2, 0.25) is 5.91 Å². The number of nitrogens with zero attached hydrogens (tertiary/aromatic N) is 3. The Morgan fingerprint density at radius 1 is 1.11 bits per heavy atom. The summed E-state index contributed by atoms with van der Waals surface area (Å²) in [7, 11) is -2.92. The average Bonchev–Trinajstić information content (AvgIpc) is 3.31. The van der Waals surface area contributed by atoms with Crippen LogP contribution < -0.4 is 11.1 Å². The van der Waals surface area contributed by atoms with E-state index in [1.165, 1.54) is 12.1 Å². The molecule has 0 aliphatic carbocycles. The minimum Gasteiger partial charge on any atom is -0.480 e. The van der Waals surface area contributed by atoms with E-state index in [0.717, 1.165) is 5.52 Å². The third-order valence-corrected chi connectivity index (χ3v) is 6.24. The molecule has 1 unspecified atom stereocenters. The molecule has 2 amide bonds. The van der Waals surface area contributed by atoms with Crippen LogP contribution >= 0.6 is 20.0 Å². The number of fused-ring (bicyclic) bond motifs is 2. The number of hydrogen-bond acceptors (Lipinski definition) is 6. The molecule has 2 aromatic heterocycles. The molecular formula is C21H22ClN6O7P. The number of nitrogens with two attached hydrogens (primary N) is 1. The van der Waals surface area contributed by atoms with Crippen molar-refractivity contribution in [2.24, 2.45) is 12.8 Å². The van der Waals surface area contributed by atoms with Crippen molar-refractivity contribution in [3.05, 3.63) is 59.2 Å². The summed E-state index contributed by atoms with van der Waals surface area (Å²) in [4.78, 5) is 65.6. The quantitative estimate of drug-likeness (QED) is 0.176. The number of amides is 2. The van der Waals surface area contributed by atoms with E-state index in [1.807, 2.05) is 0 Å². The average molecular weight is 537 g/mol. The van der Waals surface area contributed by atoms with Gasteiger partial charge < -0.3 is 35.5 Å². The summed E-state index contributed by atoms with van der Waals surface area (Å²) in [5.74, 6) is -1.68. The number of benzene rings is 2. The third kappa shape index (κ3) is 5.71. The van der Waals surface area contributed by atoms with Crippen LogP contribution in [-0.4, -0.2) is 64.4 Å². The van der Waals surface area contributed by atoms with Crippen LogP contribution in [0.5, 0.6) is 0 Å². The third-order valence-electron chi connectivity index (χ3n) is 5.40. The number of imidazole rings is 2. The van der Waals surface area contributed by atoms with E-state index >= 15 is 0 Å². The summed E-state index contributed by atoms with van der Waals surface area (Å²) in [6, 6.07) is 7.70. The molecule has 190 valence electrons. The highest BCUT2D eigenvalue weighted by Gasteiger charge is 2.29. The first kappa shape index (κ1) is 26.8. The molecule has 7 N–H and O–H groups in total. The standard InChI is InChI=1S/C21H21N6O7P.ClH/c1-27-16-7-11(20(29)26-15(21(30)31)9-35(32,33)34)3-5-13(16)25-18(27)8-17-23-12-4-2-10(19(22)28)6-14(12)24-17;/h2-7,15H,8-9H2,1H3,(H2,22,28)(H,23,24)(H,26,29)(H,30,31)(H2,32,33,34);1H. The Labute approximate surface area is 209 Å². The Hall–Kier alpha value is -3.77. The van der Waals surface area contributed by atoms with Gasteiger partial charge in [0.05, 0.1) is 34.6 Å². The molecule has 0 saturated heterocycles. The maximum atomic E-state index is 12.6. The lowest BCUT2D eigenvalue weighted by Crippen LogP contribution is -2.43. The summed E-state index contributed by atoms with van der Waals surface area (Å²) in [6.07, 6.45) is -0.707. The van der Waals surface area contributed by atoms with E-state index in [1.54, 1.807) is 35.9 Å². The SMILES string of the molecule is Cl.Cn1c(Cc2nc3cc(C(N)=O)ccc3[nH]2)nc2ccc(C(=O)NC(CP(=O)(O)O)C(=O)O)cc21. The van der Waals surface area contributed by atoms with Gasteiger partial charge in [0.15, 0.2) is 0 Å². The number of aromatic nitrogens is 4. The van der Waals surface area contributed by atoms with E-state index in [-0.39, 0.29) is 18.0 Å². The largest absolute Gasteiger partial charge is 0.480 e. The van der Waals surface area contributed by atoms with Gasteiger partial charge in [-0.3, -0.25) is 14.2 Å². The predicted molar refractivity (Wildman–Crippen MR) is 131 cm³/mol. The Morgan fingerprint density at radius 3 is 2.44 bits per heavy atom. The number of carboxylic acid groups (broad SMARTS) is 1. The minimum absolute atomic E-state index is 0. The molecule has 2 heterocycles. The molecule has 0 spiro atoms. The molecule has 4 rings (SSSR count). The number of aryl methyl sites for hydroxylation is 1. The number of carboxylic acids is 1. The van der Waals surface area contributed by atoms with Gasteiger partial charge in [0.25, 0.3) is 5.91 Å². The van der Waals surface area contributed by atoms with Gasteiger partial charge in [-0.25, -0.2) is 14.8 Å². The van der Waals surface area contributed by atoms with E-state index in [9.17, 15) is 24.1 Å². The van der Waals surface area contributed by atoms with Crippen LogP contribution in [0.25, 0.3) is 22.1 Å². The van der Waals surface area contributed by atoms with Crippen molar-refractivity contribution in [1.82, 2.24) is 24.8 Å². The maximum absolute atomic E-state index is 12.6. The number of hydrogen-bond donors (Lipinski definition) is 6. The molecule has 1 atom stereocenters. The Kier molecular flexibility index (Phi) is 7.51. The normalized spacial score (nSPS) is 12.3. The molecule has 0 fully saturated rings. The van der Waals surface area contributed by atoms with Gasteiger partial charge >= 0.3 is 13.6 Å². The van der Waals surface area contributed by atoms with E-state index in [0.29, 0.717) is 40.2 Å².